The Morgan fingerprint density at radius 2 is 2.50 bits per heavy atom. The van der Waals surface area contributed by atoms with Gasteiger partial charge in [-0.2, -0.15) is 5.21 Å². The van der Waals surface area contributed by atoms with Crippen LogP contribution in [0.15, 0.2) is 0 Å². The van der Waals surface area contributed by atoms with E-state index in [1.807, 2.05) is 0 Å². The van der Waals surface area contributed by atoms with Gasteiger partial charge in [0, 0.05) is 6.61 Å². The van der Waals surface area contributed by atoms with E-state index in [0.29, 0.717) is 12.2 Å². The summed E-state index contributed by atoms with van der Waals surface area (Å²) in [7, 11) is 0. The normalized spacial score (nSPS) is 13.4. The van der Waals surface area contributed by atoms with Crippen LogP contribution in [-0.4, -0.2) is 32.3 Å². The molecule has 0 saturated carbocycles. The molecule has 1 aromatic rings. The van der Waals surface area contributed by atoms with Gasteiger partial charge in [-0.15, -0.1) is 10.2 Å². The van der Waals surface area contributed by atoms with Crippen molar-refractivity contribution in [2.75, 3.05) is 6.61 Å². The highest BCUT2D eigenvalue weighted by molar-refractivity contribution is 4.85. The summed E-state index contributed by atoms with van der Waals surface area (Å²) in [4.78, 5) is 0. The third kappa shape index (κ3) is 1.49. The molecule has 0 spiro atoms. The van der Waals surface area contributed by atoms with Crippen molar-refractivity contribution in [3.05, 3.63) is 5.82 Å². The number of hydrogen-bond donors (Lipinski definition) is 3. The van der Waals surface area contributed by atoms with Crippen LogP contribution in [0.4, 0.5) is 0 Å². The minimum Gasteiger partial charge on any atom is -0.396 e. The molecule has 0 aliphatic carbocycles. The number of rotatable bonds is 3. The number of hydrogen-bond acceptors (Lipinski definition) is 5. The smallest absolute Gasteiger partial charge is 0.191 e. The van der Waals surface area contributed by atoms with Crippen LogP contribution < -0.4 is 5.73 Å². The number of aromatic nitrogens is 4. The van der Waals surface area contributed by atoms with Crippen LogP contribution in [0.5, 0.6) is 0 Å². The first-order valence-corrected chi connectivity index (χ1v) is 2.94. The zero-order valence-electron chi connectivity index (χ0n) is 5.36. The molecule has 0 aromatic carbocycles. The zero-order chi connectivity index (χ0) is 7.40. The molecule has 1 aromatic heterocycles. The molecule has 10 heavy (non-hydrogen) atoms. The van der Waals surface area contributed by atoms with Gasteiger partial charge < -0.3 is 10.8 Å². The van der Waals surface area contributed by atoms with Gasteiger partial charge in [0.15, 0.2) is 5.82 Å². The third-order valence-corrected chi connectivity index (χ3v) is 1.13. The van der Waals surface area contributed by atoms with Crippen molar-refractivity contribution in [1.29, 1.82) is 0 Å². The summed E-state index contributed by atoms with van der Waals surface area (Å²) in [5.74, 6) is 0.439. The number of nitrogens with two attached hydrogens (primary N) is 1. The van der Waals surface area contributed by atoms with Crippen LogP contribution in [0.2, 0.25) is 0 Å². The summed E-state index contributed by atoms with van der Waals surface area (Å²) >= 11 is 0. The molecule has 6 nitrogen and oxygen atoms in total. The summed E-state index contributed by atoms with van der Waals surface area (Å²) in [6, 6.07) is -0.316. The van der Waals surface area contributed by atoms with Crippen LogP contribution >= 0.6 is 0 Å². The molecule has 4 N–H and O–H groups in total. The summed E-state index contributed by atoms with van der Waals surface area (Å²) in [6.07, 6.45) is 0.458. The molecule has 0 aliphatic heterocycles. The Balaban J connectivity index is 2.50. The first-order valence-electron chi connectivity index (χ1n) is 2.94. The topological polar surface area (TPSA) is 101 Å². The third-order valence-electron chi connectivity index (χ3n) is 1.13. The van der Waals surface area contributed by atoms with E-state index in [9.17, 15) is 0 Å². The van der Waals surface area contributed by atoms with Crippen molar-refractivity contribution in [2.24, 2.45) is 5.73 Å². The summed E-state index contributed by atoms with van der Waals surface area (Å²) in [5.41, 5.74) is 5.50. The van der Waals surface area contributed by atoms with Crippen LogP contribution in [-0.2, 0) is 0 Å². The monoisotopic (exact) mass is 143 g/mol. The summed E-state index contributed by atoms with van der Waals surface area (Å²) in [5, 5.41) is 21.4. The number of nitrogens with one attached hydrogen (secondary N) is 1. The van der Waals surface area contributed by atoms with Crippen LogP contribution in [0.25, 0.3) is 0 Å². The first kappa shape index (κ1) is 7.10. The molecular formula is C4H9N5O. The van der Waals surface area contributed by atoms with Crippen LogP contribution in [0.1, 0.15) is 18.3 Å². The van der Waals surface area contributed by atoms with Gasteiger partial charge in [-0.05, 0) is 6.42 Å². The lowest BCUT2D eigenvalue weighted by Crippen LogP contribution is -2.13. The number of aliphatic hydroxyl groups is 1. The Kier molecular flexibility index (Phi) is 2.30. The minimum atomic E-state index is -0.316. The molecule has 1 unspecified atom stereocenters. The number of H-pyrrole nitrogens is 1. The molecule has 1 atom stereocenters. The second kappa shape index (κ2) is 3.23. The highest BCUT2D eigenvalue weighted by atomic mass is 16.3. The zero-order valence-corrected chi connectivity index (χ0v) is 5.36. The van der Waals surface area contributed by atoms with Gasteiger partial charge in [0.2, 0.25) is 0 Å². The molecule has 0 saturated heterocycles. The molecular weight excluding hydrogens is 134 g/mol. The Bertz CT molecular complexity index is 174. The van der Waals surface area contributed by atoms with Gasteiger partial charge in [0.05, 0.1) is 6.04 Å². The Labute approximate surface area is 57.4 Å². The van der Waals surface area contributed by atoms with Gasteiger partial charge in [0.25, 0.3) is 0 Å². The summed E-state index contributed by atoms with van der Waals surface area (Å²) in [6.45, 7) is 0.0374. The van der Waals surface area contributed by atoms with Gasteiger partial charge in [-0.1, -0.05) is 5.21 Å². The SMILES string of the molecule is NC(CCO)c1nn[nH]n1. The lowest BCUT2D eigenvalue weighted by Gasteiger charge is -2.01. The van der Waals surface area contributed by atoms with Crippen LogP contribution in [0.3, 0.4) is 0 Å². The van der Waals surface area contributed by atoms with Crippen molar-refractivity contribution in [3.8, 4) is 0 Å². The summed E-state index contributed by atoms with van der Waals surface area (Å²) < 4.78 is 0. The largest absolute Gasteiger partial charge is 0.396 e. The lowest BCUT2D eigenvalue weighted by atomic mass is 10.2. The lowest BCUT2D eigenvalue weighted by molar-refractivity contribution is 0.274. The standard InChI is InChI=1S/C4H9N5O/c5-3(1-2-10)4-6-8-9-7-4/h3,10H,1-2,5H2,(H,6,7,8,9). The first-order chi connectivity index (χ1) is 4.84. The number of aromatic amines is 1. The number of nitrogens with zero attached hydrogens (tertiary/aromatic N) is 3. The van der Waals surface area contributed by atoms with Crippen LogP contribution in [0, 0.1) is 0 Å². The second-order valence-corrected chi connectivity index (χ2v) is 1.89. The van der Waals surface area contributed by atoms with Crippen molar-refractivity contribution >= 4 is 0 Å². The van der Waals surface area contributed by atoms with Gasteiger partial charge >= 0.3 is 0 Å². The van der Waals surface area contributed by atoms with Crippen molar-refractivity contribution in [2.45, 2.75) is 12.5 Å². The van der Waals surface area contributed by atoms with E-state index in [1.54, 1.807) is 0 Å². The van der Waals surface area contributed by atoms with E-state index >= 15 is 0 Å². The van der Waals surface area contributed by atoms with Crippen molar-refractivity contribution < 1.29 is 5.11 Å². The molecule has 0 fully saturated rings. The Morgan fingerprint density at radius 3 is 3.00 bits per heavy atom. The predicted octanol–water partition coefficient (Wildman–Crippen LogP) is -1.42. The molecule has 6 heteroatoms. The fourth-order valence-corrected chi connectivity index (χ4v) is 0.595. The molecule has 0 bridgehead atoms. The molecule has 0 radical (unpaired) electrons. The Hall–Kier alpha value is -1.01. The minimum absolute atomic E-state index is 0.0374. The predicted molar refractivity (Wildman–Crippen MR) is 32.8 cm³/mol. The quantitative estimate of drug-likeness (QED) is 0.482. The van der Waals surface area contributed by atoms with Crippen molar-refractivity contribution in [1.82, 2.24) is 20.6 Å². The average molecular weight is 143 g/mol. The molecule has 1 heterocycles. The number of tetrazole rings is 1. The van der Waals surface area contributed by atoms with E-state index in [4.69, 9.17) is 10.8 Å². The van der Waals surface area contributed by atoms with E-state index in [2.05, 4.69) is 20.6 Å². The maximum atomic E-state index is 8.47. The fraction of sp³-hybridized carbons (Fsp3) is 0.750. The number of aliphatic hydroxyl groups excluding tert-OH is 1. The van der Waals surface area contributed by atoms with E-state index in [1.165, 1.54) is 0 Å². The van der Waals surface area contributed by atoms with E-state index in [-0.39, 0.29) is 12.6 Å². The van der Waals surface area contributed by atoms with E-state index < -0.39 is 0 Å². The van der Waals surface area contributed by atoms with E-state index in [0.717, 1.165) is 0 Å². The highest BCUT2D eigenvalue weighted by Gasteiger charge is 2.08. The molecule has 56 valence electrons. The maximum Gasteiger partial charge on any atom is 0.191 e. The molecule has 0 amide bonds. The van der Waals surface area contributed by atoms with Gasteiger partial charge in [0.1, 0.15) is 0 Å². The van der Waals surface area contributed by atoms with Gasteiger partial charge in [-0.3, -0.25) is 0 Å². The molecule has 0 aliphatic rings. The Morgan fingerprint density at radius 1 is 1.70 bits per heavy atom. The second-order valence-electron chi connectivity index (χ2n) is 1.89. The molecule has 1 rings (SSSR count). The maximum absolute atomic E-state index is 8.47. The van der Waals surface area contributed by atoms with Crippen molar-refractivity contribution in [3.63, 3.8) is 0 Å². The fourth-order valence-electron chi connectivity index (χ4n) is 0.595. The average Bonchev–Trinajstić information content (AvgIpc) is 2.38. The van der Waals surface area contributed by atoms with Gasteiger partial charge in [-0.25, -0.2) is 0 Å². The highest BCUT2D eigenvalue weighted by Crippen LogP contribution is 2.03.